The van der Waals surface area contributed by atoms with Gasteiger partial charge in [-0.15, -0.1) is 0 Å². The van der Waals surface area contributed by atoms with Crippen molar-refractivity contribution in [2.45, 2.75) is 39.8 Å². The molecule has 1 rings (SSSR count). The maximum Gasteiger partial charge on any atom is 0.328 e. The van der Waals surface area contributed by atoms with E-state index in [4.69, 9.17) is 5.11 Å². The molecular weight excluding hydrogens is 238 g/mol. The molecule has 0 saturated heterocycles. The molecule has 0 aliphatic heterocycles. The van der Waals surface area contributed by atoms with Crippen molar-refractivity contribution in [3.05, 3.63) is 41.5 Å². The zero-order valence-corrected chi connectivity index (χ0v) is 12.0. The Hall–Kier alpha value is -1.61. The monoisotopic (exact) mass is 261 g/mol. The average Bonchev–Trinajstić information content (AvgIpc) is 2.36. The van der Waals surface area contributed by atoms with E-state index in [1.807, 2.05) is 18.2 Å². The summed E-state index contributed by atoms with van der Waals surface area (Å²) in [4.78, 5) is 12.9. The lowest BCUT2D eigenvalue weighted by atomic mass is 10.1. The molecule has 104 valence electrons. The first-order valence-corrected chi connectivity index (χ1v) is 6.77. The highest BCUT2D eigenvalue weighted by atomic mass is 16.4. The standard InChI is InChI=1S/C16H23NO2/c1-4-10-17(13(2)3)12-15-7-5-6-14(11-15)8-9-16(18)19/h5-9,11,13H,4,10,12H2,1-3H3,(H,18,19). The molecule has 1 aromatic carbocycles. The van der Waals surface area contributed by atoms with Crippen molar-refractivity contribution in [3.8, 4) is 0 Å². The maximum atomic E-state index is 10.5. The Bertz CT molecular complexity index is 438. The van der Waals surface area contributed by atoms with E-state index in [1.165, 1.54) is 11.6 Å². The SMILES string of the molecule is CCCN(Cc1cccc(C=CC(=O)O)c1)C(C)C. The van der Waals surface area contributed by atoms with Crippen LogP contribution in [-0.4, -0.2) is 28.6 Å². The lowest BCUT2D eigenvalue weighted by molar-refractivity contribution is -0.131. The van der Waals surface area contributed by atoms with Crippen LogP contribution in [-0.2, 0) is 11.3 Å². The van der Waals surface area contributed by atoms with Crippen molar-refractivity contribution in [2.75, 3.05) is 6.54 Å². The highest BCUT2D eigenvalue weighted by molar-refractivity contribution is 5.85. The second kappa shape index (κ2) is 7.74. The Morgan fingerprint density at radius 3 is 2.74 bits per heavy atom. The molecule has 0 heterocycles. The molecule has 0 spiro atoms. The fraction of sp³-hybridized carbons (Fsp3) is 0.438. The number of carboxylic acid groups (broad SMARTS) is 1. The van der Waals surface area contributed by atoms with Gasteiger partial charge in [-0.2, -0.15) is 0 Å². The summed E-state index contributed by atoms with van der Waals surface area (Å²) >= 11 is 0. The van der Waals surface area contributed by atoms with Crippen molar-refractivity contribution >= 4 is 12.0 Å². The van der Waals surface area contributed by atoms with Crippen LogP contribution in [0.15, 0.2) is 30.3 Å². The van der Waals surface area contributed by atoms with Gasteiger partial charge in [0.05, 0.1) is 0 Å². The summed E-state index contributed by atoms with van der Waals surface area (Å²) in [6.07, 6.45) is 3.94. The first-order valence-electron chi connectivity index (χ1n) is 6.77. The largest absolute Gasteiger partial charge is 0.478 e. The number of carbonyl (C=O) groups is 1. The predicted molar refractivity (Wildman–Crippen MR) is 78.9 cm³/mol. The lowest BCUT2D eigenvalue weighted by Gasteiger charge is -2.26. The van der Waals surface area contributed by atoms with Gasteiger partial charge in [0, 0.05) is 18.7 Å². The molecule has 0 aliphatic carbocycles. The van der Waals surface area contributed by atoms with E-state index in [0.717, 1.165) is 25.1 Å². The zero-order chi connectivity index (χ0) is 14.3. The third-order valence-electron chi connectivity index (χ3n) is 3.00. The van der Waals surface area contributed by atoms with Crippen molar-refractivity contribution in [2.24, 2.45) is 0 Å². The molecule has 0 aromatic heterocycles. The minimum atomic E-state index is -0.916. The van der Waals surface area contributed by atoms with E-state index < -0.39 is 5.97 Å². The number of aliphatic carboxylic acids is 1. The van der Waals surface area contributed by atoms with E-state index in [2.05, 4.69) is 31.7 Å². The zero-order valence-electron chi connectivity index (χ0n) is 12.0. The second-order valence-corrected chi connectivity index (χ2v) is 4.98. The van der Waals surface area contributed by atoms with Gasteiger partial charge < -0.3 is 5.11 Å². The molecule has 0 unspecified atom stereocenters. The summed E-state index contributed by atoms with van der Waals surface area (Å²) in [5.74, 6) is -0.916. The summed E-state index contributed by atoms with van der Waals surface area (Å²) in [6, 6.07) is 8.54. The fourth-order valence-corrected chi connectivity index (χ4v) is 2.00. The van der Waals surface area contributed by atoms with Gasteiger partial charge in [-0.1, -0.05) is 31.2 Å². The number of nitrogens with zero attached hydrogens (tertiary/aromatic N) is 1. The normalized spacial score (nSPS) is 11.6. The number of hydrogen-bond acceptors (Lipinski definition) is 2. The first kappa shape index (κ1) is 15.4. The maximum absolute atomic E-state index is 10.5. The average molecular weight is 261 g/mol. The summed E-state index contributed by atoms with van der Waals surface area (Å²) in [7, 11) is 0. The van der Waals surface area contributed by atoms with Crippen LogP contribution in [0, 0.1) is 0 Å². The third-order valence-corrected chi connectivity index (χ3v) is 3.00. The summed E-state index contributed by atoms with van der Waals surface area (Å²) < 4.78 is 0. The van der Waals surface area contributed by atoms with Crippen LogP contribution in [0.2, 0.25) is 0 Å². The van der Waals surface area contributed by atoms with Crippen LogP contribution in [0.4, 0.5) is 0 Å². The number of hydrogen-bond donors (Lipinski definition) is 1. The topological polar surface area (TPSA) is 40.5 Å². The number of rotatable bonds is 7. The first-order chi connectivity index (χ1) is 9.02. The predicted octanol–water partition coefficient (Wildman–Crippen LogP) is 3.40. The van der Waals surface area contributed by atoms with E-state index in [9.17, 15) is 4.79 Å². The molecule has 0 radical (unpaired) electrons. The molecule has 3 heteroatoms. The van der Waals surface area contributed by atoms with Gasteiger partial charge in [0.15, 0.2) is 0 Å². The van der Waals surface area contributed by atoms with Crippen LogP contribution in [0.25, 0.3) is 6.08 Å². The Morgan fingerprint density at radius 1 is 1.42 bits per heavy atom. The van der Waals surface area contributed by atoms with Crippen LogP contribution < -0.4 is 0 Å². The smallest absolute Gasteiger partial charge is 0.328 e. The minimum Gasteiger partial charge on any atom is -0.478 e. The molecule has 19 heavy (non-hydrogen) atoms. The Morgan fingerprint density at radius 2 is 2.16 bits per heavy atom. The van der Waals surface area contributed by atoms with Gasteiger partial charge >= 0.3 is 5.97 Å². The number of benzene rings is 1. The van der Waals surface area contributed by atoms with Gasteiger partial charge in [0.2, 0.25) is 0 Å². The Kier molecular flexibility index (Phi) is 6.30. The highest BCUT2D eigenvalue weighted by Gasteiger charge is 2.08. The van der Waals surface area contributed by atoms with Crippen LogP contribution in [0.5, 0.6) is 0 Å². The third kappa shape index (κ3) is 5.71. The van der Waals surface area contributed by atoms with E-state index in [-0.39, 0.29) is 0 Å². The van der Waals surface area contributed by atoms with E-state index >= 15 is 0 Å². The number of carboxylic acids is 1. The van der Waals surface area contributed by atoms with Gasteiger partial charge in [0.1, 0.15) is 0 Å². The molecule has 0 bridgehead atoms. The Labute approximate surface area is 115 Å². The van der Waals surface area contributed by atoms with Crippen molar-refractivity contribution in [3.63, 3.8) is 0 Å². The summed E-state index contributed by atoms with van der Waals surface area (Å²) in [6.45, 7) is 8.56. The molecule has 0 aliphatic rings. The van der Waals surface area contributed by atoms with Crippen LogP contribution >= 0.6 is 0 Å². The quantitative estimate of drug-likeness (QED) is 0.765. The summed E-state index contributed by atoms with van der Waals surface area (Å²) in [5.41, 5.74) is 2.15. The molecule has 0 amide bonds. The molecule has 0 saturated carbocycles. The molecule has 1 aromatic rings. The van der Waals surface area contributed by atoms with E-state index in [1.54, 1.807) is 6.08 Å². The highest BCUT2D eigenvalue weighted by Crippen LogP contribution is 2.12. The molecular formula is C16H23NO2. The van der Waals surface area contributed by atoms with Gasteiger partial charge in [-0.05, 0) is 44.0 Å². The molecule has 3 nitrogen and oxygen atoms in total. The van der Waals surface area contributed by atoms with Gasteiger partial charge in [-0.25, -0.2) is 4.79 Å². The molecule has 0 atom stereocenters. The summed E-state index contributed by atoms with van der Waals surface area (Å²) in [5, 5.41) is 8.64. The molecule has 0 fully saturated rings. The fourth-order valence-electron chi connectivity index (χ4n) is 2.00. The van der Waals surface area contributed by atoms with Crippen LogP contribution in [0.3, 0.4) is 0 Å². The van der Waals surface area contributed by atoms with Crippen LogP contribution in [0.1, 0.15) is 38.3 Å². The molecule has 1 N–H and O–H groups in total. The lowest BCUT2D eigenvalue weighted by Crippen LogP contribution is -2.30. The Balaban J connectivity index is 2.78. The van der Waals surface area contributed by atoms with Gasteiger partial charge in [0.25, 0.3) is 0 Å². The van der Waals surface area contributed by atoms with Crippen molar-refractivity contribution < 1.29 is 9.90 Å². The van der Waals surface area contributed by atoms with Crippen molar-refractivity contribution in [1.82, 2.24) is 4.90 Å². The van der Waals surface area contributed by atoms with Crippen molar-refractivity contribution in [1.29, 1.82) is 0 Å². The minimum absolute atomic E-state index is 0.512. The van der Waals surface area contributed by atoms with Gasteiger partial charge in [-0.3, -0.25) is 4.90 Å². The second-order valence-electron chi connectivity index (χ2n) is 4.98. The van der Waals surface area contributed by atoms with E-state index in [0.29, 0.717) is 6.04 Å².